The van der Waals surface area contributed by atoms with Gasteiger partial charge in [0.2, 0.25) is 10.0 Å². The summed E-state index contributed by atoms with van der Waals surface area (Å²) in [6.45, 7) is 5.74. The predicted octanol–water partition coefficient (Wildman–Crippen LogP) is 1.12. The highest BCUT2D eigenvalue weighted by atomic mass is 32.2. The maximum atomic E-state index is 12.4. The van der Waals surface area contributed by atoms with Crippen molar-refractivity contribution in [1.29, 1.82) is 0 Å². The number of nitrogens with two attached hydrogens (primary N) is 1. The molecule has 0 bridgehead atoms. The number of hydrogen-bond donors (Lipinski definition) is 2. The summed E-state index contributed by atoms with van der Waals surface area (Å²) in [6, 6.07) is 5.56. The highest BCUT2D eigenvalue weighted by Gasteiger charge is 2.32. The van der Waals surface area contributed by atoms with Crippen LogP contribution in [-0.4, -0.2) is 33.6 Å². The van der Waals surface area contributed by atoms with Crippen molar-refractivity contribution in [1.82, 2.24) is 4.72 Å². The van der Waals surface area contributed by atoms with Crippen LogP contribution in [0.2, 0.25) is 0 Å². The number of ether oxygens (including phenoxy) is 1. The van der Waals surface area contributed by atoms with Crippen LogP contribution in [-0.2, 0) is 14.8 Å². The maximum Gasteiger partial charge on any atom is 0.337 e. The Labute approximate surface area is 125 Å². The van der Waals surface area contributed by atoms with Crippen molar-refractivity contribution in [2.24, 2.45) is 11.7 Å². The quantitative estimate of drug-likeness (QED) is 0.767. The Morgan fingerprint density at radius 1 is 1.33 bits per heavy atom. The van der Waals surface area contributed by atoms with E-state index in [1.807, 2.05) is 13.8 Å². The zero-order chi connectivity index (χ0) is 16.3. The van der Waals surface area contributed by atoms with Crippen molar-refractivity contribution in [2.75, 3.05) is 13.7 Å². The third-order valence-electron chi connectivity index (χ3n) is 3.65. The molecule has 1 aromatic rings. The zero-order valence-electron chi connectivity index (χ0n) is 12.7. The standard InChI is InChI=1S/C14H22N2O4S/c1-10(2)14(3,9-15)16-21(18,19)12-7-5-11(6-8-12)13(17)20-4/h5-8,10,16H,9,15H2,1-4H3. The normalized spacial score (nSPS) is 14.8. The van der Waals surface area contributed by atoms with Gasteiger partial charge < -0.3 is 10.5 Å². The monoisotopic (exact) mass is 314 g/mol. The van der Waals surface area contributed by atoms with Gasteiger partial charge in [-0.2, -0.15) is 0 Å². The smallest absolute Gasteiger partial charge is 0.337 e. The Morgan fingerprint density at radius 2 is 1.86 bits per heavy atom. The summed E-state index contributed by atoms with van der Waals surface area (Å²) in [4.78, 5) is 11.4. The van der Waals surface area contributed by atoms with Crippen LogP contribution in [0.5, 0.6) is 0 Å². The molecule has 1 atom stereocenters. The summed E-state index contributed by atoms with van der Waals surface area (Å²) < 4.78 is 32.0. The van der Waals surface area contributed by atoms with Crippen LogP contribution in [0.1, 0.15) is 31.1 Å². The largest absolute Gasteiger partial charge is 0.465 e. The Balaban J connectivity index is 3.06. The summed E-state index contributed by atoms with van der Waals surface area (Å²) >= 11 is 0. The molecule has 0 aliphatic carbocycles. The molecule has 0 saturated heterocycles. The summed E-state index contributed by atoms with van der Waals surface area (Å²) in [7, 11) is -2.44. The zero-order valence-corrected chi connectivity index (χ0v) is 13.5. The van der Waals surface area contributed by atoms with E-state index in [1.54, 1.807) is 6.92 Å². The van der Waals surface area contributed by atoms with Crippen molar-refractivity contribution >= 4 is 16.0 Å². The molecule has 21 heavy (non-hydrogen) atoms. The first-order valence-electron chi connectivity index (χ1n) is 6.58. The molecule has 0 saturated carbocycles. The van der Waals surface area contributed by atoms with Gasteiger partial charge in [-0.25, -0.2) is 17.9 Å². The number of benzene rings is 1. The van der Waals surface area contributed by atoms with E-state index in [0.717, 1.165) is 0 Å². The number of carbonyl (C=O) groups is 1. The highest BCUT2D eigenvalue weighted by Crippen LogP contribution is 2.20. The Morgan fingerprint density at radius 3 is 2.24 bits per heavy atom. The molecule has 7 heteroatoms. The van der Waals surface area contributed by atoms with Crippen LogP contribution in [0.15, 0.2) is 29.2 Å². The number of rotatable bonds is 6. The van der Waals surface area contributed by atoms with Gasteiger partial charge in [-0.3, -0.25) is 0 Å². The molecular formula is C14H22N2O4S. The molecule has 0 heterocycles. The van der Waals surface area contributed by atoms with Crippen molar-refractivity contribution in [2.45, 2.75) is 31.2 Å². The Kier molecular flexibility index (Phi) is 5.49. The van der Waals surface area contributed by atoms with Crippen molar-refractivity contribution in [3.8, 4) is 0 Å². The predicted molar refractivity (Wildman–Crippen MR) is 80.4 cm³/mol. The van der Waals surface area contributed by atoms with E-state index in [0.29, 0.717) is 5.56 Å². The number of hydrogen-bond acceptors (Lipinski definition) is 5. The van der Waals surface area contributed by atoms with Crippen LogP contribution >= 0.6 is 0 Å². The van der Waals surface area contributed by atoms with E-state index in [1.165, 1.54) is 31.4 Å². The van der Waals surface area contributed by atoms with Gasteiger partial charge in [-0.15, -0.1) is 0 Å². The molecule has 6 nitrogen and oxygen atoms in total. The second-order valence-corrected chi connectivity index (χ2v) is 7.08. The van der Waals surface area contributed by atoms with E-state index < -0.39 is 21.5 Å². The van der Waals surface area contributed by atoms with Gasteiger partial charge >= 0.3 is 5.97 Å². The lowest BCUT2D eigenvalue weighted by Gasteiger charge is -2.33. The molecule has 1 unspecified atom stereocenters. The van der Waals surface area contributed by atoms with Crippen LogP contribution in [0, 0.1) is 5.92 Å². The van der Waals surface area contributed by atoms with Crippen LogP contribution in [0.4, 0.5) is 0 Å². The summed E-state index contributed by atoms with van der Waals surface area (Å²) in [5.41, 5.74) is 5.24. The van der Waals surface area contributed by atoms with Crippen LogP contribution in [0.3, 0.4) is 0 Å². The molecule has 0 fully saturated rings. The van der Waals surface area contributed by atoms with Crippen molar-refractivity contribution in [3.05, 3.63) is 29.8 Å². The molecule has 118 valence electrons. The van der Waals surface area contributed by atoms with Gasteiger partial charge in [0.05, 0.1) is 17.6 Å². The van der Waals surface area contributed by atoms with Gasteiger partial charge in [-0.1, -0.05) is 13.8 Å². The molecule has 3 N–H and O–H groups in total. The second-order valence-electron chi connectivity index (χ2n) is 5.40. The number of sulfonamides is 1. The van der Waals surface area contributed by atoms with Crippen LogP contribution < -0.4 is 10.5 Å². The second kappa shape index (κ2) is 6.55. The average molecular weight is 314 g/mol. The Bertz CT molecular complexity index is 596. The first-order valence-corrected chi connectivity index (χ1v) is 8.07. The van der Waals surface area contributed by atoms with E-state index in [2.05, 4.69) is 9.46 Å². The molecule has 0 aliphatic rings. The lowest BCUT2D eigenvalue weighted by molar-refractivity contribution is 0.0600. The molecule has 1 aromatic carbocycles. The minimum atomic E-state index is -3.71. The fraction of sp³-hybridized carbons (Fsp3) is 0.500. The average Bonchev–Trinajstić information content (AvgIpc) is 2.45. The SMILES string of the molecule is COC(=O)c1ccc(S(=O)(=O)NC(C)(CN)C(C)C)cc1. The molecule has 0 aliphatic heterocycles. The fourth-order valence-corrected chi connectivity index (χ4v) is 3.19. The number of methoxy groups -OCH3 is 1. The first kappa shape index (κ1) is 17.6. The van der Waals surface area contributed by atoms with Gasteiger partial charge in [-0.05, 0) is 37.1 Å². The third kappa shape index (κ3) is 4.03. The molecule has 0 amide bonds. The van der Waals surface area contributed by atoms with Crippen molar-refractivity contribution < 1.29 is 17.9 Å². The van der Waals surface area contributed by atoms with E-state index in [9.17, 15) is 13.2 Å². The van der Waals surface area contributed by atoms with E-state index >= 15 is 0 Å². The molecule has 1 rings (SSSR count). The van der Waals surface area contributed by atoms with Gasteiger partial charge in [0, 0.05) is 12.1 Å². The highest BCUT2D eigenvalue weighted by molar-refractivity contribution is 7.89. The lowest BCUT2D eigenvalue weighted by Crippen LogP contribution is -2.54. The summed E-state index contributed by atoms with van der Waals surface area (Å²) in [5.74, 6) is -0.479. The minimum Gasteiger partial charge on any atom is -0.465 e. The van der Waals surface area contributed by atoms with Crippen LogP contribution in [0.25, 0.3) is 0 Å². The van der Waals surface area contributed by atoms with E-state index in [4.69, 9.17) is 5.73 Å². The molecule has 0 aromatic heterocycles. The topological polar surface area (TPSA) is 98.5 Å². The maximum absolute atomic E-state index is 12.4. The number of carbonyl (C=O) groups excluding carboxylic acids is 1. The van der Waals surface area contributed by atoms with Gasteiger partial charge in [0.1, 0.15) is 0 Å². The Hall–Kier alpha value is -1.44. The molecule has 0 radical (unpaired) electrons. The van der Waals surface area contributed by atoms with Crippen molar-refractivity contribution in [3.63, 3.8) is 0 Å². The molecule has 0 spiro atoms. The van der Waals surface area contributed by atoms with Gasteiger partial charge in [0.25, 0.3) is 0 Å². The van der Waals surface area contributed by atoms with E-state index in [-0.39, 0.29) is 17.4 Å². The first-order chi connectivity index (χ1) is 9.66. The third-order valence-corrected chi connectivity index (χ3v) is 5.28. The summed E-state index contributed by atoms with van der Waals surface area (Å²) in [5, 5.41) is 0. The minimum absolute atomic E-state index is 0.0339. The fourth-order valence-electron chi connectivity index (χ4n) is 1.65. The number of nitrogens with one attached hydrogen (secondary N) is 1. The summed E-state index contributed by atoms with van der Waals surface area (Å²) in [6.07, 6.45) is 0. The molecular weight excluding hydrogens is 292 g/mol. The van der Waals surface area contributed by atoms with Gasteiger partial charge in [0.15, 0.2) is 0 Å². The number of esters is 1. The lowest BCUT2D eigenvalue weighted by atomic mass is 9.90.